The van der Waals surface area contributed by atoms with Gasteiger partial charge >= 0.3 is 11.9 Å². The van der Waals surface area contributed by atoms with Crippen molar-refractivity contribution in [1.82, 2.24) is 4.90 Å². The van der Waals surface area contributed by atoms with Crippen molar-refractivity contribution in [2.24, 2.45) is 5.92 Å². The van der Waals surface area contributed by atoms with Crippen molar-refractivity contribution in [3.8, 4) is 0 Å². The number of aliphatic hydroxyl groups is 1. The molecule has 2 aliphatic rings. The molecular weight excluding hydrogens is 488 g/mol. The number of amides is 1. The van der Waals surface area contributed by atoms with E-state index in [-0.39, 0.29) is 42.3 Å². The van der Waals surface area contributed by atoms with Gasteiger partial charge in [-0.15, -0.1) is 11.8 Å². The molecular formula is C25H24N2O8S. The smallest absolute Gasteiger partial charge is 0.356 e. The fourth-order valence-corrected chi connectivity index (χ4v) is 5.19. The number of fused-ring (bicyclic) bond motifs is 1. The molecule has 2 aromatic carbocycles. The summed E-state index contributed by atoms with van der Waals surface area (Å²) in [5, 5.41) is 20.8. The first-order valence-electron chi connectivity index (χ1n) is 11.2. The minimum atomic E-state index is -0.878. The Morgan fingerprint density at radius 3 is 2.39 bits per heavy atom. The highest BCUT2D eigenvalue weighted by Crippen LogP contribution is 2.47. The summed E-state index contributed by atoms with van der Waals surface area (Å²) in [5.74, 6) is -2.28. The fourth-order valence-electron chi connectivity index (χ4n) is 4.21. The molecule has 2 aliphatic heterocycles. The number of rotatable bonds is 10. The molecule has 11 heteroatoms. The molecule has 1 N–H and O–H groups in total. The van der Waals surface area contributed by atoms with Crippen LogP contribution in [0.2, 0.25) is 0 Å². The molecule has 4 rings (SSSR count). The van der Waals surface area contributed by atoms with Crippen molar-refractivity contribution in [3.63, 3.8) is 0 Å². The largest absolute Gasteiger partial charge is 0.460 e. The van der Waals surface area contributed by atoms with Gasteiger partial charge in [-0.3, -0.25) is 19.7 Å². The van der Waals surface area contributed by atoms with Crippen LogP contribution in [0, 0.1) is 16.0 Å². The first kappa shape index (κ1) is 25.4. The van der Waals surface area contributed by atoms with Gasteiger partial charge in [0.05, 0.1) is 28.7 Å². The molecule has 0 spiro atoms. The number of β-lactam (4-membered cyclic amide) rings is 1. The molecule has 1 saturated heterocycles. The van der Waals surface area contributed by atoms with Crippen LogP contribution in [0.1, 0.15) is 24.5 Å². The van der Waals surface area contributed by atoms with E-state index in [0.29, 0.717) is 16.9 Å². The topological polar surface area (TPSA) is 136 Å². The van der Waals surface area contributed by atoms with E-state index in [2.05, 4.69) is 0 Å². The molecule has 1 amide bonds. The summed E-state index contributed by atoms with van der Waals surface area (Å²) in [7, 11) is 0. The van der Waals surface area contributed by atoms with E-state index in [1.165, 1.54) is 36.1 Å². The normalized spacial score (nSPS) is 19.4. The molecule has 2 heterocycles. The number of carbonyl (C=O) groups excluding carboxylic acids is 3. The SMILES string of the molecule is CC(O)C1C(=O)N2C(C(=O)OCc3ccc([N+](=O)[O-])cc3)=C(SCC(=O)OCc3ccccc3)C[C@H]12. The van der Waals surface area contributed by atoms with Gasteiger partial charge in [0.1, 0.15) is 18.9 Å². The fraction of sp³-hybridized carbons (Fsp3) is 0.320. The summed E-state index contributed by atoms with van der Waals surface area (Å²) in [6.07, 6.45) is -0.559. The predicted molar refractivity (Wildman–Crippen MR) is 129 cm³/mol. The van der Waals surface area contributed by atoms with Gasteiger partial charge in [-0.2, -0.15) is 0 Å². The number of carbonyl (C=O) groups is 3. The molecule has 10 nitrogen and oxygen atoms in total. The Labute approximate surface area is 211 Å². The predicted octanol–water partition coefficient (Wildman–Crippen LogP) is 2.94. The quantitative estimate of drug-likeness (QED) is 0.220. The van der Waals surface area contributed by atoms with Crippen LogP contribution in [0.25, 0.3) is 0 Å². The molecule has 36 heavy (non-hydrogen) atoms. The lowest BCUT2D eigenvalue weighted by Gasteiger charge is -2.44. The number of hydrogen-bond donors (Lipinski definition) is 1. The molecule has 0 radical (unpaired) electrons. The first-order chi connectivity index (χ1) is 17.3. The second-order valence-electron chi connectivity index (χ2n) is 8.45. The van der Waals surface area contributed by atoms with Crippen LogP contribution >= 0.6 is 11.8 Å². The molecule has 188 valence electrons. The van der Waals surface area contributed by atoms with Gasteiger partial charge in [0, 0.05) is 23.5 Å². The molecule has 2 unspecified atom stereocenters. The number of nitro benzene ring substituents is 1. The van der Waals surface area contributed by atoms with Crippen LogP contribution in [-0.2, 0) is 37.1 Å². The second-order valence-corrected chi connectivity index (χ2v) is 9.52. The highest BCUT2D eigenvalue weighted by atomic mass is 32.2. The van der Waals surface area contributed by atoms with Crippen LogP contribution in [0.3, 0.4) is 0 Å². The van der Waals surface area contributed by atoms with E-state index in [1.54, 1.807) is 0 Å². The van der Waals surface area contributed by atoms with E-state index < -0.39 is 28.9 Å². The Kier molecular flexibility index (Phi) is 7.70. The Bertz CT molecular complexity index is 1200. The molecule has 0 aromatic heterocycles. The Balaban J connectivity index is 1.42. The molecule has 2 aromatic rings. The summed E-state index contributed by atoms with van der Waals surface area (Å²) in [6.45, 7) is 1.50. The van der Waals surface area contributed by atoms with Crippen LogP contribution in [0.5, 0.6) is 0 Å². The second kappa shape index (κ2) is 10.9. The Hall–Kier alpha value is -3.70. The number of nitro groups is 1. The average Bonchev–Trinajstić information content (AvgIpc) is 3.19. The highest BCUT2D eigenvalue weighted by Gasteiger charge is 2.57. The number of thioether (sulfide) groups is 1. The van der Waals surface area contributed by atoms with Gasteiger partial charge in [0.15, 0.2) is 0 Å². The van der Waals surface area contributed by atoms with Gasteiger partial charge < -0.3 is 19.5 Å². The number of nitrogens with zero attached hydrogens (tertiary/aromatic N) is 2. The maximum absolute atomic E-state index is 13.0. The van der Waals surface area contributed by atoms with Crippen molar-refractivity contribution in [3.05, 3.63) is 86.4 Å². The van der Waals surface area contributed by atoms with Crippen molar-refractivity contribution in [2.45, 2.75) is 38.7 Å². The zero-order valence-corrected chi connectivity index (χ0v) is 20.2. The van der Waals surface area contributed by atoms with Crippen molar-refractivity contribution < 1.29 is 33.9 Å². The van der Waals surface area contributed by atoms with Gasteiger partial charge in [0.2, 0.25) is 5.91 Å². The van der Waals surface area contributed by atoms with E-state index >= 15 is 0 Å². The number of benzene rings is 2. The lowest BCUT2D eigenvalue weighted by Crippen LogP contribution is -2.61. The summed E-state index contributed by atoms with van der Waals surface area (Å²) in [5.41, 5.74) is 1.37. The molecule has 0 bridgehead atoms. The zero-order valence-electron chi connectivity index (χ0n) is 19.4. The van der Waals surface area contributed by atoms with E-state index in [1.807, 2.05) is 30.3 Å². The van der Waals surface area contributed by atoms with E-state index in [4.69, 9.17) is 9.47 Å². The van der Waals surface area contributed by atoms with Crippen LogP contribution in [0.4, 0.5) is 5.69 Å². The number of aliphatic hydroxyl groups excluding tert-OH is 1. The number of esters is 2. The van der Waals surface area contributed by atoms with Crippen LogP contribution < -0.4 is 0 Å². The third kappa shape index (κ3) is 5.42. The standard InChI is InChI=1S/C25H24N2O8S/c1-15(28)22-19-11-20(36-14-21(29)34-12-16-5-3-2-4-6-16)23(26(19)24(22)30)25(31)35-13-17-7-9-18(10-8-17)27(32)33/h2-10,15,19,22,28H,11-14H2,1H3/t15?,19-,22?/m1/s1. The summed E-state index contributed by atoms with van der Waals surface area (Å²) < 4.78 is 10.7. The van der Waals surface area contributed by atoms with E-state index in [0.717, 1.165) is 17.3 Å². The summed E-state index contributed by atoms with van der Waals surface area (Å²) in [6, 6.07) is 14.4. The molecule has 0 saturated carbocycles. The van der Waals surface area contributed by atoms with Crippen molar-refractivity contribution >= 4 is 35.3 Å². The first-order valence-corrected chi connectivity index (χ1v) is 12.2. The third-order valence-corrected chi connectivity index (χ3v) is 7.09. The summed E-state index contributed by atoms with van der Waals surface area (Å²) in [4.78, 5) is 50.1. The van der Waals surface area contributed by atoms with Crippen molar-refractivity contribution in [2.75, 3.05) is 5.75 Å². The van der Waals surface area contributed by atoms with Gasteiger partial charge in [0.25, 0.3) is 5.69 Å². The number of non-ortho nitro benzene ring substituents is 1. The van der Waals surface area contributed by atoms with Crippen LogP contribution in [0.15, 0.2) is 65.2 Å². The maximum Gasteiger partial charge on any atom is 0.356 e. The van der Waals surface area contributed by atoms with Crippen molar-refractivity contribution in [1.29, 1.82) is 0 Å². The van der Waals surface area contributed by atoms with Gasteiger partial charge in [-0.25, -0.2) is 4.79 Å². The summed E-state index contributed by atoms with van der Waals surface area (Å²) >= 11 is 1.11. The minimum absolute atomic E-state index is 0.0599. The zero-order chi connectivity index (χ0) is 25.8. The lowest BCUT2D eigenvalue weighted by molar-refractivity contribution is -0.384. The molecule has 1 fully saturated rings. The Morgan fingerprint density at radius 2 is 1.75 bits per heavy atom. The minimum Gasteiger partial charge on any atom is -0.460 e. The molecule has 0 aliphatic carbocycles. The Morgan fingerprint density at radius 1 is 1.11 bits per heavy atom. The lowest BCUT2D eigenvalue weighted by atomic mass is 9.83. The van der Waals surface area contributed by atoms with Gasteiger partial charge in [-0.1, -0.05) is 30.3 Å². The van der Waals surface area contributed by atoms with Gasteiger partial charge in [-0.05, 0) is 30.2 Å². The monoisotopic (exact) mass is 512 g/mol. The third-order valence-electron chi connectivity index (χ3n) is 6.01. The number of hydrogen-bond acceptors (Lipinski definition) is 9. The van der Waals surface area contributed by atoms with Crippen LogP contribution in [-0.4, -0.2) is 50.7 Å². The molecule has 3 atom stereocenters. The van der Waals surface area contributed by atoms with E-state index in [9.17, 15) is 29.6 Å². The highest BCUT2D eigenvalue weighted by molar-refractivity contribution is 8.03. The average molecular weight is 513 g/mol. The number of ether oxygens (including phenoxy) is 2. The maximum atomic E-state index is 13.0.